The fourth-order valence-electron chi connectivity index (χ4n) is 5.60. The Bertz CT molecular complexity index is 1210. The van der Waals surface area contributed by atoms with Crippen molar-refractivity contribution in [1.29, 1.82) is 0 Å². The number of aryl methyl sites for hydroxylation is 2. The second-order valence-corrected chi connectivity index (χ2v) is 9.74. The first-order valence-corrected chi connectivity index (χ1v) is 12.3. The van der Waals surface area contributed by atoms with Crippen molar-refractivity contribution < 1.29 is 5.11 Å². The van der Waals surface area contributed by atoms with E-state index in [1.165, 1.54) is 70.1 Å². The summed E-state index contributed by atoms with van der Waals surface area (Å²) < 4.78 is 0. The van der Waals surface area contributed by atoms with E-state index >= 15 is 0 Å². The van der Waals surface area contributed by atoms with Gasteiger partial charge >= 0.3 is 0 Å². The minimum Gasteiger partial charge on any atom is -0.508 e. The van der Waals surface area contributed by atoms with E-state index in [4.69, 9.17) is 0 Å². The smallest absolute Gasteiger partial charge is 0.115 e. The van der Waals surface area contributed by atoms with Gasteiger partial charge < -0.3 is 15.4 Å². The van der Waals surface area contributed by atoms with Crippen molar-refractivity contribution in [2.75, 3.05) is 6.54 Å². The molecule has 3 nitrogen and oxygen atoms in total. The molecule has 3 aromatic carbocycles. The van der Waals surface area contributed by atoms with Crippen molar-refractivity contribution in [3.8, 4) is 17.0 Å². The third-order valence-electron chi connectivity index (χ3n) is 7.22. The Morgan fingerprint density at radius 2 is 1.58 bits per heavy atom. The van der Waals surface area contributed by atoms with Gasteiger partial charge in [-0.05, 0) is 105 Å². The minimum atomic E-state index is 0.353. The van der Waals surface area contributed by atoms with E-state index in [-0.39, 0.29) is 0 Å². The van der Waals surface area contributed by atoms with Crippen LogP contribution < -0.4 is 5.32 Å². The fourth-order valence-corrected chi connectivity index (χ4v) is 5.60. The highest BCUT2D eigenvalue weighted by molar-refractivity contribution is 5.91. The lowest BCUT2D eigenvalue weighted by Gasteiger charge is -2.29. The third kappa shape index (κ3) is 4.84. The highest BCUT2D eigenvalue weighted by Crippen LogP contribution is 2.34. The van der Waals surface area contributed by atoms with E-state index in [1.807, 2.05) is 12.1 Å². The number of H-pyrrole nitrogens is 1. The molecule has 1 saturated carbocycles. The van der Waals surface area contributed by atoms with E-state index in [0.717, 1.165) is 13.0 Å². The largest absolute Gasteiger partial charge is 0.508 e. The average Bonchev–Trinajstić information content (AvgIpc) is 3.18. The topological polar surface area (TPSA) is 48.0 Å². The molecule has 3 heteroatoms. The molecule has 1 aliphatic rings. The van der Waals surface area contributed by atoms with E-state index in [1.54, 1.807) is 0 Å². The number of phenols is 1. The molecule has 0 bridgehead atoms. The van der Waals surface area contributed by atoms with Crippen LogP contribution >= 0.6 is 0 Å². The van der Waals surface area contributed by atoms with E-state index in [0.29, 0.717) is 17.7 Å². The summed E-state index contributed by atoms with van der Waals surface area (Å²) in [7, 11) is 0. The summed E-state index contributed by atoms with van der Waals surface area (Å²) in [5, 5.41) is 14.7. The van der Waals surface area contributed by atoms with Gasteiger partial charge in [-0.15, -0.1) is 0 Å². The van der Waals surface area contributed by atoms with Crippen molar-refractivity contribution in [3.05, 3.63) is 89.0 Å². The monoisotopic (exact) mass is 438 g/mol. The first-order chi connectivity index (χ1) is 16.1. The van der Waals surface area contributed by atoms with Crippen LogP contribution in [0.15, 0.2) is 66.7 Å². The van der Waals surface area contributed by atoms with E-state index in [2.05, 4.69) is 78.7 Å². The van der Waals surface area contributed by atoms with Crippen LogP contribution in [0.2, 0.25) is 0 Å². The lowest BCUT2D eigenvalue weighted by Crippen LogP contribution is -2.34. The first-order valence-electron chi connectivity index (χ1n) is 12.3. The second kappa shape index (κ2) is 9.44. The molecule has 0 radical (unpaired) electrons. The molecule has 1 aliphatic carbocycles. The van der Waals surface area contributed by atoms with Crippen molar-refractivity contribution in [2.45, 2.75) is 57.9 Å². The molecule has 33 heavy (non-hydrogen) atoms. The zero-order chi connectivity index (χ0) is 22.8. The zero-order valence-electron chi connectivity index (χ0n) is 19.7. The summed E-state index contributed by atoms with van der Waals surface area (Å²) in [4.78, 5) is 3.71. The maximum atomic E-state index is 9.55. The van der Waals surface area contributed by atoms with Crippen LogP contribution in [0, 0.1) is 13.8 Å². The maximum Gasteiger partial charge on any atom is 0.115 e. The summed E-state index contributed by atoms with van der Waals surface area (Å²) in [6.07, 6.45) is 5.86. The van der Waals surface area contributed by atoms with Gasteiger partial charge in [0.2, 0.25) is 0 Å². The van der Waals surface area contributed by atoms with Crippen molar-refractivity contribution in [1.82, 2.24) is 10.3 Å². The molecule has 4 aromatic rings. The molecule has 0 atom stereocenters. The maximum absolute atomic E-state index is 9.55. The van der Waals surface area contributed by atoms with Crippen LogP contribution in [0.4, 0.5) is 0 Å². The van der Waals surface area contributed by atoms with Crippen LogP contribution in [0.1, 0.15) is 53.9 Å². The molecule has 0 saturated heterocycles. The molecule has 5 rings (SSSR count). The van der Waals surface area contributed by atoms with Crippen LogP contribution in [0.5, 0.6) is 5.75 Å². The summed E-state index contributed by atoms with van der Waals surface area (Å²) in [6.45, 7) is 5.35. The molecular weight excluding hydrogens is 404 g/mol. The van der Waals surface area contributed by atoms with Crippen molar-refractivity contribution >= 4 is 10.9 Å². The number of nitrogens with one attached hydrogen (secondary N) is 2. The number of aromatic nitrogens is 1. The predicted molar refractivity (Wildman–Crippen MR) is 138 cm³/mol. The second-order valence-electron chi connectivity index (χ2n) is 9.74. The molecule has 170 valence electrons. The molecule has 3 N–H and O–H groups in total. The molecule has 0 aliphatic heterocycles. The summed E-state index contributed by atoms with van der Waals surface area (Å²) in [6, 6.07) is 23.9. The van der Waals surface area contributed by atoms with Crippen molar-refractivity contribution in [3.63, 3.8) is 0 Å². The van der Waals surface area contributed by atoms with Crippen molar-refractivity contribution in [2.24, 2.45) is 0 Å². The molecule has 0 spiro atoms. The summed E-state index contributed by atoms with van der Waals surface area (Å²) >= 11 is 0. The van der Waals surface area contributed by atoms with Gasteiger partial charge in [-0.3, -0.25) is 0 Å². The number of rotatable bonds is 6. The number of aromatic hydroxyl groups is 1. The van der Waals surface area contributed by atoms with E-state index < -0.39 is 0 Å². The minimum absolute atomic E-state index is 0.353. The number of benzene rings is 3. The summed E-state index contributed by atoms with van der Waals surface area (Å²) in [5.41, 5.74) is 9.16. The molecule has 0 amide bonds. The normalized spacial score (nSPS) is 18.6. The number of fused-ring (bicyclic) bond motifs is 1. The number of para-hydroxylation sites is 1. The van der Waals surface area contributed by atoms with Crippen LogP contribution in [-0.4, -0.2) is 22.7 Å². The molecular formula is C30H34N2O. The van der Waals surface area contributed by atoms with Gasteiger partial charge in [-0.2, -0.15) is 0 Å². The van der Waals surface area contributed by atoms with Gasteiger partial charge in [0.25, 0.3) is 0 Å². The Hall–Kier alpha value is -3.04. The predicted octanol–water partition coefficient (Wildman–Crippen LogP) is 7.02. The summed E-state index contributed by atoms with van der Waals surface area (Å²) in [5.74, 6) is 0.972. The van der Waals surface area contributed by atoms with E-state index in [9.17, 15) is 5.11 Å². The highest BCUT2D eigenvalue weighted by atomic mass is 16.3. The standard InChI is InChI=1S/C30H34N2O/c1-20-17-21(2)19-24(18-20)30-28(27-5-3-4-6-29(27)32-30)15-16-31-25-11-7-22(8-12-25)23-9-13-26(33)14-10-23/h3-6,9-10,13-14,17-19,22,25,31-33H,7-8,11-12,15-16H2,1-2H3. The third-order valence-corrected chi connectivity index (χ3v) is 7.22. The number of hydrogen-bond donors (Lipinski definition) is 3. The zero-order valence-corrected chi connectivity index (χ0v) is 19.7. The first kappa shape index (κ1) is 21.8. The SMILES string of the molecule is Cc1cc(C)cc(-c2[nH]c3ccccc3c2CCNC2CCC(c3ccc(O)cc3)CC2)c1. The lowest BCUT2D eigenvalue weighted by atomic mass is 9.81. The highest BCUT2D eigenvalue weighted by Gasteiger charge is 2.22. The van der Waals surface area contributed by atoms with Crippen LogP contribution in [0.3, 0.4) is 0 Å². The Morgan fingerprint density at radius 3 is 2.30 bits per heavy atom. The molecule has 0 unspecified atom stereocenters. The Kier molecular flexibility index (Phi) is 6.24. The van der Waals surface area contributed by atoms with Gasteiger partial charge in [-0.25, -0.2) is 0 Å². The molecule has 1 heterocycles. The van der Waals surface area contributed by atoms with Gasteiger partial charge in [0.1, 0.15) is 5.75 Å². The van der Waals surface area contributed by atoms with Gasteiger partial charge in [0, 0.05) is 22.6 Å². The van der Waals surface area contributed by atoms with Gasteiger partial charge in [-0.1, -0.05) is 47.5 Å². The lowest BCUT2D eigenvalue weighted by molar-refractivity contribution is 0.344. The number of hydrogen-bond acceptors (Lipinski definition) is 2. The van der Waals surface area contributed by atoms with Gasteiger partial charge in [0.15, 0.2) is 0 Å². The molecule has 1 aromatic heterocycles. The Balaban J connectivity index is 1.26. The molecule has 1 fully saturated rings. The van der Waals surface area contributed by atoms with Crippen LogP contribution in [-0.2, 0) is 6.42 Å². The van der Waals surface area contributed by atoms with Gasteiger partial charge in [0.05, 0.1) is 0 Å². The Labute approximate surface area is 196 Å². The average molecular weight is 439 g/mol. The fraction of sp³-hybridized carbons (Fsp3) is 0.333. The number of aromatic amines is 1. The quantitative estimate of drug-likeness (QED) is 0.303. The number of phenolic OH excluding ortho intramolecular Hbond substituents is 1. The van der Waals surface area contributed by atoms with Crippen LogP contribution in [0.25, 0.3) is 22.2 Å². The Morgan fingerprint density at radius 1 is 0.879 bits per heavy atom.